The van der Waals surface area contributed by atoms with E-state index in [1.165, 1.54) is 0 Å². The lowest BCUT2D eigenvalue weighted by atomic mass is 10.1. The van der Waals surface area contributed by atoms with Gasteiger partial charge >= 0.3 is 0 Å². The SMILES string of the molecule is O=c1c2cc3c(=O)n(CCc4c(F)c(F)c(F)c(F)c4F)c(=O)c3cc2c(=O)n1CCc1c(F)c(F)c(F)c(F)c1F. The van der Waals surface area contributed by atoms with Crippen molar-refractivity contribution >= 4 is 21.5 Å². The van der Waals surface area contributed by atoms with E-state index in [1.807, 2.05) is 0 Å². The minimum absolute atomic E-state index is 0.397. The van der Waals surface area contributed by atoms with Crippen LogP contribution in [0.3, 0.4) is 0 Å². The summed E-state index contributed by atoms with van der Waals surface area (Å²) < 4.78 is 137. The zero-order valence-electron chi connectivity index (χ0n) is 20.3. The lowest BCUT2D eigenvalue weighted by molar-refractivity contribution is 0.368. The van der Waals surface area contributed by atoms with Crippen LogP contribution in [0.5, 0.6) is 0 Å². The summed E-state index contributed by atoms with van der Waals surface area (Å²) in [7, 11) is 0. The first-order chi connectivity index (χ1) is 19.7. The monoisotopic (exact) mass is 604 g/mol. The van der Waals surface area contributed by atoms with Crippen molar-refractivity contribution < 1.29 is 43.9 Å². The number of hydrogen-bond acceptors (Lipinski definition) is 4. The molecular weight excluding hydrogens is 594 g/mol. The topological polar surface area (TPSA) is 78.1 Å². The van der Waals surface area contributed by atoms with Crippen LogP contribution in [0, 0.1) is 58.2 Å². The maximum Gasteiger partial charge on any atom is 0.261 e. The fraction of sp³-hybridized carbons (Fsp3) is 0.154. The molecule has 0 aliphatic rings. The molecule has 2 aromatic heterocycles. The van der Waals surface area contributed by atoms with Crippen LogP contribution >= 0.6 is 0 Å². The molecule has 0 spiro atoms. The second-order valence-corrected chi connectivity index (χ2v) is 9.06. The molecule has 0 amide bonds. The summed E-state index contributed by atoms with van der Waals surface area (Å²) in [4.78, 5) is 51.4. The van der Waals surface area contributed by atoms with Gasteiger partial charge in [0.2, 0.25) is 11.6 Å². The molecule has 0 radical (unpaired) electrons. The molecule has 0 aliphatic carbocycles. The molecule has 5 aromatic rings. The number of nitrogens with zero attached hydrogens (tertiary/aromatic N) is 2. The van der Waals surface area contributed by atoms with Gasteiger partial charge in [-0.1, -0.05) is 0 Å². The van der Waals surface area contributed by atoms with Crippen molar-refractivity contribution in [2.45, 2.75) is 25.9 Å². The summed E-state index contributed by atoms with van der Waals surface area (Å²) in [6.07, 6.45) is -1.97. The summed E-state index contributed by atoms with van der Waals surface area (Å²) in [6.45, 7) is -1.71. The third kappa shape index (κ3) is 4.03. The van der Waals surface area contributed by atoms with E-state index in [2.05, 4.69) is 0 Å². The highest BCUT2D eigenvalue weighted by Crippen LogP contribution is 2.25. The molecule has 0 saturated heterocycles. The molecule has 0 unspecified atom stereocenters. The van der Waals surface area contributed by atoms with Crippen LogP contribution < -0.4 is 22.2 Å². The summed E-state index contributed by atoms with van der Waals surface area (Å²) in [5.41, 5.74) is -7.13. The molecule has 0 N–H and O–H groups in total. The van der Waals surface area contributed by atoms with E-state index in [-0.39, 0.29) is 0 Å². The fourth-order valence-corrected chi connectivity index (χ4v) is 4.67. The quantitative estimate of drug-likeness (QED) is 0.168. The number of fused-ring (bicyclic) bond motifs is 2. The summed E-state index contributed by atoms with van der Waals surface area (Å²) in [6, 6.07) is 1.64. The average Bonchev–Trinajstić information content (AvgIpc) is 3.35. The van der Waals surface area contributed by atoms with Gasteiger partial charge in [0.15, 0.2) is 46.5 Å². The minimum atomic E-state index is -2.40. The molecule has 3 aromatic carbocycles. The van der Waals surface area contributed by atoms with E-state index in [4.69, 9.17) is 0 Å². The molecule has 6 nitrogen and oxygen atoms in total. The fourth-order valence-electron chi connectivity index (χ4n) is 4.67. The van der Waals surface area contributed by atoms with E-state index in [0.29, 0.717) is 9.13 Å². The predicted molar refractivity (Wildman–Crippen MR) is 125 cm³/mol. The zero-order valence-corrected chi connectivity index (χ0v) is 20.3. The number of benzene rings is 3. The van der Waals surface area contributed by atoms with Crippen molar-refractivity contribution in [1.82, 2.24) is 9.13 Å². The van der Waals surface area contributed by atoms with Crippen LogP contribution in [-0.4, -0.2) is 9.13 Å². The van der Waals surface area contributed by atoms with Gasteiger partial charge in [-0.25, -0.2) is 43.9 Å². The minimum Gasteiger partial charge on any atom is -0.274 e. The van der Waals surface area contributed by atoms with E-state index in [1.54, 1.807) is 0 Å². The highest BCUT2D eigenvalue weighted by Gasteiger charge is 2.28. The molecule has 0 bridgehead atoms. The second kappa shape index (κ2) is 9.95. The van der Waals surface area contributed by atoms with Gasteiger partial charge in [0.1, 0.15) is 0 Å². The average molecular weight is 604 g/mol. The second-order valence-electron chi connectivity index (χ2n) is 9.06. The molecule has 0 saturated carbocycles. The number of rotatable bonds is 6. The van der Waals surface area contributed by atoms with E-state index in [0.717, 1.165) is 12.1 Å². The third-order valence-electron chi connectivity index (χ3n) is 6.83. The molecule has 16 heteroatoms. The van der Waals surface area contributed by atoms with Crippen LogP contribution in [0.4, 0.5) is 43.9 Å². The van der Waals surface area contributed by atoms with Crippen LogP contribution in [0.2, 0.25) is 0 Å². The van der Waals surface area contributed by atoms with E-state index in [9.17, 15) is 63.1 Å². The van der Waals surface area contributed by atoms with Gasteiger partial charge in [-0.15, -0.1) is 0 Å². The molecule has 0 aliphatic heterocycles. The van der Waals surface area contributed by atoms with Crippen molar-refractivity contribution in [2.75, 3.05) is 0 Å². The Kier molecular flexibility index (Phi) is 6.82. The van der Waals surface area contributed by atoms with Crippen molar-refractivity contribution in [1.29, 1.82) is 0 Å². The maximum absolute atomic E-state index is 14.0. The first-order valence-electron chi connectivity index (χ1n) is 11.6. The lowest BCUT2D eigenvalue weighted by Crippen LogP contribution is -2.27. The van der Waals surface area contributed by atoms with Gasteiger partial charge in [-0.05, 0) is 25.0 Å². The van der Waals surface area contributed by atoms with Gasteiger partial charge in [-0.3, -0.25) is 28.3 Å². The van der Waals surface area contributed by atoms with Crippen LogP contribution in [0.25, 0.3) is 21.5 Å². The molecule has 2 heterocycles. The van der Waals surface area contributed by atoms with Gasteiger partial charge in [0, 0.05) is 24.2 Å². The standard InChI is InChI=1S/C26H10F10N2O4/c27-13-7(14(28)18(32)21(35)17(13)31)1-3-37-23(39)9-5-11-12(6-10(9)24(37)40)26(42)38(25(11)41)4-2-8-15(29)19(33)22(36)20(34)16(8)30/h5-6H,1-4H2. The summed E-state index contributed by atoms with van der Waals surface area (Å²) in [5, 5.41) is -1.84. The Balaban J connectivity index is 1.53. The predicted octanol–water partition coefficient (Wildman–Crippen LogP) is 3.79. The van der Waals surface area contributed by atoms with Crippen molar-refractivity contribution in [3.63, 3.8) is 0 Å². The Morgan fingerprint density at radius 3 is 0.833 bits per heavy atom. The zero-order chi connectivity index (χ0) is 30.9. The Bertz CT molecular complexity index is 1910. The first kappa shape index (κ1) is 28.8. The molecule has 0 fully saturated rings. The summed E-state index contributed by atoms with van der Waals surface area (Å²) >= 11 is 0. The Hall–Kier alpha value is -4.76. The van der Waals surface area contributed by atoms with Crippen LogP contribution in [0.1, 0.15) is 11.1 Å². The van der Waals surface area contributed by atoms with E-state index < -0.39 is 139 Å². The lowest BCUT2D eigenvalue weighted by Gasteiger charge is -2.08. The molecule has 5 rings (SSSR count). The number of aromatic nitrogens is 2. The Labute approximate surface area is 224 Å². The van der Waals surface area contributed by atoms with Crippen molar-refractivity contribution in [2.24, 2.45) is 0 Å². The Morgan fingerprint density at radius 2 is 0.595 bits per heavy atom. The summed E-state index contributed by atoms with van der Waals surface area (Å²) in [5.74, 6) is -22.4. The van der Waals surface area contributed by atoms with Crippen LogP contribution in [-0.2, 0) is 25.9 Å². The number of hydrogen-bond donors (Lipinski definition) is 0. The highest BCUT2D eigenvalue weighted by atomic mass is 19.2. The van der Waals surface area contributed by atoms with Gasteiger partial charge in [0.25, 0.3) is 22.2 Å². The Morgan fingerprint density at radius 1 is 0.381 bits per heavy atom. The third-order valence-corrected chi connectivity index (χ3v) is 6.83. The largest absolute Gasteiger partial charge is 0.274 e. The molecule has 42 heavy (non-hydrogen) atoms. The van der Waals surface area contributed by atoms with Crippen LogP contribution in [0.15, 0.2) is 31.3 Å². The normalized spacial score (nSPS) is 11.9. The van der Waals surface area contributed by atoms with E-state index >= 15 is 0 Å². The molecule has 218 valence electrons. The molecule has 0 atom stereocenters. The van der Waals surface area contributed by atoms with Crippen molar-refractivity contribution in [3.05, 3.63) is 123 Å². The van der Waals surface area contributed by atoms with Gasteiger partial charge < -0.3 is 0 Å². The van der Waals surface area contributed by atoms with Crippen molar-refractivity contribution in [3.8, 4) is 0 Å². The first-order valence-corrected chi connectivity index (χ1v) is 11.6. The van der Waals surface area contributed by atoms with Gasteiger partial charge in [0.05, 0.1) is 21.5 Å². The maximum atomic E-state index is 14.0. The number of halogens is 10. The smallest absolute Gasteiger partial charge is 0.261 e. The highest BCUT2D eigenvalue weighted by molar-refractivity contribution is 5.97. The molecular formula is C26H10F10N2O4. The van der Waals surface area contributed by atoms with Gasteiger partial charge in [-0.2, -0.15) is 0 Å².